The summed E-state index contributed by atoms with van der Waals surface area (Å²) in [6.45, 7) is 3.87. The number of benzene rings is 1. The van der Waals surface area contributed by atoms with Gasteiger partial charge in [-0.15, -0.1) is 21.5 Å². The molecule has 3 aromatic rings. The van der Waals surface area contributed by atoms with Crippen LogP contribution in [-0.2, 0) is 23.1 Å². The van der Waals surface area contributed by atoms with Crippen molar-refractivity contribution in [1.82, 2.24) is 19.7 Å². The average molecular weight is 465 g/mol. The lowest BCUT2D eigenvalue weighted by atomic mass is 10.2. The van der Waals surface area contributed by atoms with Crippen molar-refractivity contribution in [1.29, 1.82) is 0 Å². The van der Waals surface area contributed by atoms with Crippen LogP contribution in [0.15, 0.2) is 29.4 Å². The zero-order valence-corrected chi connectivity index (χ0v) is 19.1. The fourth-order valence-electron chi connectivity index (χ4n) is 2.50. The van der Waals surface area contributed by atoms with Crippen LogP contribution < -0.4 is 10.6 Å². The van der Waals surface area contributed by atoms with Crippen molar-refractivity contribution in [2.24, 2.45) is 7.05 Å². The second-order valence-corrected chi connectivity index (χ2v) is 9.04. The Morgan fingerprint density at radius 2 is 1.93 bits per heavy atom. The van der Waals surface area contributed by atoms with Gasteiger partial charge in [0.05, 0.1) is 22.2 Å². The molecule has 3 rings (SSSR count). The molecule has 0 saturated carbocycles. The summed E-state index contributed by atoms with van der Waals surface area (Å²) < 4.78 is 1.79. The highest BCUT2D eigenvalue weighted by Crippen LogP contribution is 2.23. The highest BCUT2D eigenvalue weighted by atomic mass is 35.5. The quantitative estimate of drug-likeness (QED) is 0.491. The maximum absolute atomic E-state index is 12.2. The van der Waals surface area contributed by atoms with Gasteiger partial charge in [-0.05, 0) is 26.0 Å². The Morgan fingerprint density at radius 3 is 2.63 bits per heavy atom. The number of aromatic nitrogens is 4. The van der Waals surface area contributed by atoms with Crippen molar-refractivity contribution < 1.29 is 9.59 Å². The molecule has 2 amide bonds. The Kier molecular flexibility index (Phi) is 7.46. The number of carbonyl (C=O) groups excluding carboxylic acids is 2. The third-order valence-corrected chi connectivity index (χ3v) is 6.59. The Bertz CT molecular complexity index is 1050. The number of nitrogens with zero attached hydrogens (tertiary/aromatic N) is 4. The molecule has 0 aliphatic rings. The largest absolute Gasteiger partial charge is 0.325 e. The molecule has 11 heteroatoms. The minimum Gasteiger partial charge on any atom is -0.325 e. The molecule has 2 heterocycles. The van der Waals surface area contributed by atoms with E-state index in [0.717, 1.165) is 10.6 Å². The van der Waals surface area contributed by atoms with Gasteiger partial charge in [0.1, 0.15) is 5.82 Å². The summed E-state index contributed by atoms with van der Waals surface area (Å²) in [5.74, 6) is 0.543. The van der Waals surface area contributed by atoms with E-state index in [4.69, 9.17) is 11.6 Å². The van der Waals surface area contributed by atoms with Crippen LogP contribution >= 0.6 is 34.7 Å². The van der Waals surface area contributed by atoms with Gasteiger partial charge in [0.2, 0.25) is 11.8 Å². The maximum Gasteiger partial charge on any atom is 0.236 e. The Balaban J connectivity index is 1.48. The molecule has 0 spiro atoms. The van der Waals surface area contributed by atoms with Gasteiger partial charge in [-0.3, -0.25) is 9.59 Å². The molecule has 0 fully saturated rings. The van der Waals surface area contributed by atoms with Gasteiger partial charge < -0.3 is 15.2 Å². The lowest BCUT2D eigenvalue weighted by Crippen LogP contribution is -2.15. The zero-order valence-electron chi connectivity index (χ0n) is 16.7. The number of rotatable bonds is 8. The summed E-state index contributed by atoms with van der Waals surface area (Å²) in [7, 11) is 1.81. The standard InChI is InChI=1S/C19H21ClN6O2S2/c1-11-12(2)30-18(21-11)23-17(28)10-29-19-25-24-15(26(19)3)8-9-16(27)22-14-7-5-4-6-13(14)20/h4-7H,8-10H2,1-3H3,(H,22,27)(H,21,23,28). The molecule has 2 aromatic heterocycles. The number of hydrogen-bond donors (Lipinski definition) is 2. The molecule has 8 nitrogen and oxygen atoms in total. The van der Waals surface area contributed by atoms with Crippen LogP contribution in [0.3, 0.4) is 0 Å². The van der Waals surface area contributed by atoms with Gasteiger partial charge in [0, 0.05) is 24.8 Å². The number of thioether (sulfide) groups is 1. The molecular formula is C19H21ClN6O2S2. The highest BCUT2D eigenvalue weighted by molar-refractivity contribution is 7.99. The maximum atomic E-state index is 12.2. The number of hydrogen-bond acceptors (Lipinski definition) is 7. The van der Waals surface area contributed by atoms with E-state index in [1.54, 1.807) is 28.8 Å². The van der Waals surface area contributed by atoms with Crippen molar-refractivity contribution in [2.75, 3.05) is 16.4 Å². The first-order chi connectivity index (χ1) is 14.3. The van der Waals surface area contributed by atoms with E-state index >= 15 is 0 Å². The zero-order chi connectivity index (χ0) is 21.7. The summed E-state index contributed by atoms with van der Waals surface area (Å²) >= 11 is 8.79. The minimum absolute atomic E-state index is 0.155. The van der Waals surface area contributed by atoms with E-state index in [-0.39, 0.29) is 24.0 Å². The van der Waals surface area contributed by atoms with Crippen LogP contribution in [0.1, 0.15) is 22.8 Å². The fraction of sp³-hybridized carbons (Fsp3) is 0.316. The van der Waals surface area contributed by atoms with Crippen LogP contribution in [0, 0.1) is 13.8 Å². The number of anilines is 2. The monoisotopic (exact) mass is 464 g/mol. The van der Waals surface area contributed by atoms with E-state index in [2.05, 4.69) is 25.8 Å². The van der Waals surface area contributed by atoms with Gasteiger partial charge >= 0.3 is 0 Å². The summed E-state index contributed by atoms with van der Waals surface area (Å²) in [5, 5.41) is 15.5. The van der Waals surface area contributed by atoms with Crippen LogP contribution in [0.25, 0.3) is 0 Å². The second-order valence-electron chi connectivity index (χ2n) is 6.48. The molecule has 0 radical (unpaired) electrons. The number of nitrogens with one attached hydrogen (secondary N) is 2. The van der Waals surface area contributed by atoms with Gasteiger partial charge in [-0.1, -0.05) is 35.5 Å². The lowest BCUT2D eigenvalue weighted by Gasteiger charge is -2.07. The predicted octanol–water partition coefficient (Wildman–Crippen LogP) is 3.84. The van der Waals surface area contributed by atoms with Crippen molar-refractivity contribution in [3.8, 4) is 0 Å². The van der Waals surface area contributed by atoms with Crippen molar-refractivity contribution in [2.45, 2.75) is 31.8 Å². The van der Waals surface area contributed by atoms with E-state index < -0.39 is 0 Å². The molecule has 158 valence electrons. The van der Waals surface area contributed by atoms with Crippen molar-refractivity contribution >= 4 is 57.3 Å². The number of aryl methyl sites for hydroxylation is 3. The molecule has 0 aliphatic carbocycles. The Labute approximate surface area is 187 Å². The van der Waals surface area contributed by atoms with Gasteiger partial charge in [0.25, 0.3) is 0 Å². The summed E-state index contributed by atoms with van der Waals surface area (Å²) in [4.78, 5) is 29.7. The first kappa shape index (κ1) is 22.3. The summed E-state index contributed by atoms with van der Waals surface area (Å²) in [6, 6.07) is 7.07. The third-order valence-electron chi connectivity index (χ3n) is 4.26. The first-order valence-corrected chi connectivity index (χ1v) is 11.3. The molecule has 0 unspecified atom stereocenters. The molecular weight excluding hydrogens is 444 g/mol. The number of amides is 2. The van der Waals surface area contributed by atoms with Crippen molar-refractivity contribution in [3.05, 3.63) is 45.7 Å². The second kappa shape index (κ2) is 10.1. The van der Waals surface area contributed by atoms with Crippen LogP contribution in [0.4, 0.5) is 10.8 Å². The average Bonchev–Trinajstić information content (AvgIpc) is 3.21. The van der Waals surface area contributed by atoms with E-state index in [0.29, 0.717) is 33.2 Å². The molecule has 0 bridgehead atoms. The molecule has 0 saturated heterocycles. The van der Waals surface area contributed by atoms with Crippen LogP contribution in [0.5, 0.6) is 0 Å². The van der Waals surface area contributed by atoms with Crippen LogP contribution in [0.2, 0.25) is 5.02 Å². The Morgan fingerprint density at radius 1 is 1.17 bits per heavy atom. The number of halogens is 1. The normalized spacial score (nSPS) is 10.8. The summed E-state index contributed by atoms with van der Waals surface area (Å²) in [6.07, 6.45) is 0.662. The molecule has 2 N–H and O–H groups in total. The predicted molar refractivity (Wildman–Crippen MR) is 120 cm³/mol. The van der Waals surface area contributed by atoms with Gasteiger partial charge in [-0.2, -0.15) is 0 Å². The van der Waals surface area contributed by atoms with Gasteiger partial charge in [0.15, 0.2) is 10.3 Å². The molecule has 30 heavy (non-hydrogen) atoms. The fourth-order valence-corrected chi connectivity index (χ4v) is 4.24. The summed E-state index contributed by atoms with van der Waals surface area (Å²) in [5.41, 5.74) is 1.49. The molecule has 0 atom stereocenters. The highest BCUT2D eigenvalue weighted by Gasteiger charge is 2.14. The topological polar surface area (TPSA) is 102 Å². The smallest absolute Gasteiger partial charge is 0.236 e. The van der Waals surface area contributed by atoms with E-state index in [1.807, 2.05) is 20.9 Å². The SMILES string of the molecule is Cc1nc(NC(=O)CSc2nnc(CCC(=O)Nc3ccccc3Cl)n2C)sc1C. The van der Waals surface area contributed by atoms with Crippen LogP contribution in [-0.4, -0.2) is 37.3 Å². The van der Waals surface area contributed by atoms with Gasteiger partial charge in [-0.25, -0.2) is 4.98 Å². The molecule has 0 aliphatic heterocycles. The number of para-hydroxylation sites is 1. The minimum atomic E-state index is -0.159. The lowest BCUT2D eigenvalue weighted by molar-refractivity contribution is -0.116. The molecule has 1 aromatic carbocycles. The number of thiazole rings is 1. The Hall–Kier alpha value is -2.43. The van der Waals surface area contributed by atoms with E-state index in [9.17, 15) is 9.59 Å². The van der Waals surface area contributed by atoms with Crippen molar-refractivity contribution in [3.63, 3.8) is 0 Å². The first-order valence-electron chi connectivity index (χ1n) is 9.13. The van der Waals surface area contributed by atoms with E-state index in [1.165, 1.54) is 23.1 Å². The number of carbonyl (C=O) groups is 2. The third kappa shape index (κ3) is 5.80.